The topological polar surface area (TPSA) is 102 Å². The minimum Gasteiger partial charge on any atom is -0.508 e. The van der Waals surface area contributed by atoms with E-state index < -0.39 is 5.63 Å². The summed E-state index contributed by atoms with van der Waals surface area (Å²) in [5, 5.41) is 18.6. The number of nitrogens with zero attached hydrogens (tertiary/aromatic N) is 1. The molecule has 0 radical (unpaired) electrons. The van der Waals surface area contributed by atoms with Crippen LogP contribution in [0.15, 0.2) is 56.5 Å². The van der Waals surface area contributed by atoms with Crippen LogP contribution < -0.4 is 15.9 Å². The van der Waals surface area contributed by atoms with E-state index in [1.165, 1.54) is 12.1 Å². The molecule has 0 amide bonds. The van der Waals surface area contributed by atoms with Gasteiger partial charge in [0, 0.05) is 17.8 Å². The largest absolute Gasteiger partial charge is 0.508 e. The summed E-state index contributed by atoms with van der Waals surface area (Å²) in [7, 11) is 1.55. The summed E-state index contributed by atoms with van der Waals surface area (Å²) in [5.41, 5.74) is 0.815. The lowest BCUT2D eigenvalue weighted by Crippen LogP contribution is -2.21. The van der Waals surface area contributed by atoms with Gasteiger partial charge in [0.1, 0.15) is 23.0 Å². The molecule has 0 fully saturated rings. The van der Waals surface area contributed by atoms with Gasteiger partial charge in [-0.15, -0.1) is 0 Å². The van der Waals surface area contributed by atoms with E-state index in [4.69, 9.17) is 21.4 Å². The Bertz CT molecular complexity index is 1060. The van der Waals surface area contributed by atoms with Crippen molar-refractivity contribution in [2.45, 2.75) is 20.4 Å². The van der Waals surface area contributed by atoms with Gasteiger partial charge in [0.05, 0.1) is 24.7 Å². The smallest absolute Gasteiger partial charge is 0.339 e. The highest BCUT2D eigenvalue weighted by molar-refractivity contribution is 6.32. The van der Waals surface area contributed by atoms with Gasteiger partial charge in [0.25, 0.3) is 5.56 Å². The van der Waals surface area contributed by atoms with Crippen LogP contribution in [0.4, 0.5) is 0 Å². The minimum atomic E-state index is -0.521. The van der Waals surface area contributed by atoms with Gasteiger partial charge in [-0.3, -0.25) is 4.79 Å². The van der Waals surface area contributed by atoms with E-state index in [1.807, 2.05) is 6.07 Å². The van der Waals surface area contributed by atoms with Crippen molar-refractivity contribution in [1.29, 1.82) is 0 Å². The van der Waals surface area contributed by atoms with E-state index in [9.17, 15) is 14.7 Å². The van der Waals surface area contributed by atoms with Gasteiger partial charge in [0.2, 0.25) is 0 Å². The zero-order chi connectivity index (χ0) is 20.8. The lowest BCUT2D eigenvalue weighted by molar-refractivity contribution is 0.415. The van der Waals surface area contributed by atoms with Crippen molar-refractivity contribution in [2.75, 3.05) is 7.11 Å². The van der Waals surface area contributed by atoms with Crippen molar-refractivity contribution >= 4 is 11.6 Å². The predicted octanol–water partition coefficient (Wildman–Crippen LogP) is 3.23. The van der Waals surface area contributed by atoms with E-state index >= 15 is 0 Å². The molecule has 0 unspecified atom stereocenters. The Morgan fingerprint density at radius 3 is 2.25 bits per heavy atom. The second kappa shape index (κ2) is 9.14. The number of aromatic nitrogens is 1. The first-order valence-electron chi connectivity index (χ1n) is 8.23. The van der Waals surface area contributed by atoms with E-state index in [2.05, 4.69) is 4.42 Å². The molecule has 0 atom stereocenters. The molecule has 148 valence electrons. The average molecular weight is 406 g/mol. The fraction of sp³-hybridized carbons (Fsp3) is 0.200. The highest BCUT2D eigenvalue weighted by Gasteiger charge is 2.06. The summed E-state index contributed by atoms with van der Waals surface area (Å²) in [4.78, 5) is 22.2. The molecule has 8 heteroatoms. The Morgan fingerprint density at radius 2 is 1.71 bits per heavy atom. The highest BCUT2D eigenvalue weighted by Crippen LogP contribution is 2.25. The van der Waals surface area contributed by atoms with Gasteiger partial charge in [-0.25, -0.2) is 4.79 Å². The summed E-state index contributed by atoms with van der Waals surface area (Å²) in [5.74, 6) is 0.940. The molecule has 3 rings (SSSR count). The van der Waals surface area contributed by atoms with Gasteiger partial charge in [-0.1, -0.05) is 17.7 Å². The fourth-order valence-electron chi connectivity index (χ4n) is 2.49. The number of aromatic hydroxyl groups is 2. The number of methoxy groups -OCH3 is 1. The Labute approximate surface area is 166 Å². The molecular weight excluding hydrogens is 386 g/mol. The standard InChI is InChI=1S/C14H14ClNO3.C6H6O3/c1-9-5-11(17)7-14(18)16(9)8-10-3-4-13(19-2)12(15)6-10;1-4-2-5(7)3-6(8)9-4/h3-7,17H,8H2,1-2H3;2-3,7H,1H3. The molecule has 0 aliphatic carbocycles. The van der Waals surface area contributed by atoms with Crippen molar-refractivity contribution in [3.63, 3.8) is 0 Å². The quantitative estimate of drug-likeness (QED) is 0.693. The summed E-state index contributed by atoms with van der Waals surface area (Å²) < 4.78 is 11.2. The van der Waals surface area contributed by atoms with Crippen LogP contribution in [0.2, 0.25) is 5.02 Å². The molecule has 1 aromatic carbocycles. The number of hydrogen-bond acceptors (Lipinski definition) is 6. The SMILES string of the molecule is COc1ccc(Cn2c(C)cc(O)cc2=O)cc1Cl.Cc1cc(O)cc(=O)o1. The summed E-state index contributed by atoms with van der Waals surface area (Å²) in [6.45, 7) is 3.77. The summed E-state index contributed by atoms with van der Waals surface area (Å²) in [6, 6.07) is 10.5. The van der Waals surface area contributed by atoms with E-state index in [0.29, 0.717) is 28.8 Å². The Morgan fingerprint density at radius 1 is 1.04 bits per heavy atom. The lowest BCUT2D eigenvalue weighted by atomic mass is 10.2. The third kappa shape index (κ3) is 5.65. The number of rotatable bonds is 3. The van der Waals surface area contributed by atoms with Crippen molar-refractivity contribution < 1.29 is 19.4 Å². The minimum absolute atomic E-state index is 0.0217. The van der Waals surface area contributed by atoms with E-state index in [-0.39, 0.29) is 17.1 Å². The maximum Gasteiger partial charge on any atom is 0.339 e. The first-order valence-corrected chi connectivity index (χ1v) is 8.61. The Hall–Kier alpha value is -3.19. The lowest BCUT2D eigenvalue weighted by Gasteiger charge is -2.11. The number of pyridine rings is 1. The molecular formula is C20H20ClNO6. The third-order valence-corrected chi connectivity index (χ3v) is 4.05. The van der Waals surface area contributed by atoms with Crippen molar-refractivity contribution in [1.82, 2.24) is 4.57 Å². The van der Waals surface area contributed by atoms with Gasteiger partial charge in [-0.05, 0) is 37.6 Å². The normalized spacial score (nSPS) is 10.1. The molecule has 28 heavy (non-hydrogen) atoms. The van der Waals surface area contributed by atoms with Crippen LogP contribution in [-0.4, -0.2) is 21.9 Å². The molecule has 2 heterocycles. The van der Waals surface area contributed by atoms with Crippen LogP contribution in [0.5, 0.6) is 17.2 Å². The Kier molecular flexibility index (Phi) is 6.89. The van der Waals surface area contributed by atoms with Gasteiger partial charge in [-0.2, -0.15) is 0 Å². The number of aryl methyl sites for hydroxylation is 2. The van der Waals surface area contributed by atoms with E-state index in [0.717, 1.165) is 11.6 Å². The van der Waals surface area contributed by atoms with Crippen LogP contribution in [0.25, 0.3) is 0 Å². The number of halogens is 1. The molecule has 7 nitrogen and oxygen atoms in total. The van der Waals surface area contributed by atoms with Crippen LogP contribution in [0.1, 0.15) is 17.0 Å². The predicted molar refractivity (Wildman–Crippen MR) is 106 cm³/mol. The zero-order valence-electron chi connectivity index (χ0n) is 15.6. The highest BCUT2D eigenvalue weighted by atomic mass is 35.5. The zero-order valence-corrected chi connectivity index (χ0v) is 16.4. The van der Waals surface area contributed by atoms with E-state index in [1.54, 1.807) is 43.7 Å². The number of hydrogen-bond donors (Lipinski definition) is 2. The van der Waals surface area contributed by atoms with Crippen molar-refractivity contribution in [2.24, 2.45) is 0 Å². The van der Waals surface area contributed by atoms with Gasteiger partial charge >= 0.3 is 5.63 Å². The number of benzene rings is 1. The number of ether oxygens (including phenoxy) is 1. The third-order valence-electron chi connectivity index (χ3n) is 3.76. The summed E-state index contributed by atoms with van der Waals surface area (Å²) in [6.07, 6.45) is 0. The molecule has 0 saturated carbocycles. The molecule has 0 aliphatic rings. The molecule has 0 saturated heterocycles. The van der Waals surface area contributed by atoms with Crippen LogP contribution in [0.3, 0.4) is 0 Å². The molecule has 2 N–H and O–H groups in total. The second-order valence-electron chi connectivity index (χ2n) is 5.99. The van der Waals surface area contributed by atoms with Crippen LogP contribution in [-0.2, 0) is 6.54 Å². The maximum absolute atomic E-state index is 11.8. The van der Waals surface area contributed by atoms with Crippen molar-refractivity contribution in [3.05, 3.63) is 85.3 Å². The fourth-order valence-corrected chi connectivity index (χ4v) is 2.77. The molecule has 2 aromatic heterocycles. The van der Waals surface area contributed by atoms with Crippen molar-refractivity contribution in [3.8, 4) is 17.2 Å². The van der Waals surface area contributed by atoms with Crippen LogP contribution in [0, 0.1) is 13.8 Å². The first-order chi connectivity index (χ1) is 13.2. The molecule has 3 aromatic rings. The van der Waals surface area contributed by atoms with Gasteiger partial charge < -0.3 is 23.9 Å². The first kappa shape index (κ1) is 21.1. The second-order valence-corrected chi connectivity index (χ2v) is 6.40. The monoisotopic (exact) mass is 405 g/mol. The van der Waals surface area contributed by atoms with Crippen LogP contribution >= 0.6 is 11.6 Å². The van der Waals surface area contributed by atoms with Gasteiger partial charge in [0.15, 0.2) is 0 Å². The molecule has 0 aliphatic heterocycles. The molecule has 0 bridgehead atoms. The summed E-state index contributed by atoms with van der Waals surface area (Å²) >= 11 is 6.05. The Balaban J connectivity index is 0.000000261. The average Bonchev–Trinajstić information content (AvgIpc) is 2.57. The molecule has 0 spiro atoms. The maximum atomic E-state index is 11.8.